The minimum absolute atomic E-state index is 0.272. The highest BCUT2D eigenvalue weighted by molar-refractivity contribution is 7.89. The highest BCUT2D eigenvalue weighted by atomic mass is 32.2. The molecule has 1 heterocycles. The summed E-state index contributed by atoms with van der Waals surface area (Å²) in [4.78, 5) is 0.272. The van der Waals surface area contributed by atoms with Gasteiger partial charge < -0.3 is 4.74 Å². The van der Waals surface area contributed by atoms with Gasteiger partial charge in [0.1, 0.15) is 5.75 Å². The summed E-state index contributed by atoms with van der Waals surface area (Å²) in [5, 5.41) is 4.01. The Morgan fingerprint density at radius 1 is 1.29 bits per heavy atom. The van der Waals surface area contributed by atoms with Crippen LogP contribution in [0.4, 0.5) is 0 Å². The fourth-order valence-corrected chi connectivity index (χ4v) is 3.77. The van der Waals surface area contributed by atoms with E-state index in [1.807, 2.05) is 30.7 Å². The van der Waals surface area contributed by atoms with Gasteiger partial charge in [-0.2, -0.15) is 11.3 Å². The molecule has 21 heavy (non-hydrogen) atoms. The zero-order chi connectivity index (χ0) is 15.3. The van der Waals surface area contributed by atoms with E-state index < -0.39 is 10.0 Å². The summed E-state index contributed by atoms with van der Waals surface area (Å²) in [7, 11) is -3.47. The van der Waals surface area contributed by atoms with Crippen molar-refractivity contribution in [3.63, 3.8) is 0 Å². The van der Waals surface area contributed by atoms with Gasteiger partial charge in [-0.3, -0.25) is 0 Å². The first-order valence-electron chi connectivity index (χ1n) is 6.77. The fourth-order valence-electron chi connectivity index (χ4n) is 1.95. The molecule has 0 saturated carbocycles. The largest absolute Gasteiger partial charge is 0.494 e. The van der Waals surface area contributed by atoms with Crippen LogP contribution in [0.2, 0.25) is 0 Å². The van der Waals surface area contributed by atoms with Crippen molar-refractivity contribution < 1.29 is 13.2 Å². The van der Waals surface area contributed by atoms with Gasteiger partial charge in [-0.15, -0.1) is 0 Å². The average Bonchev–Trinajstić information content (AvgIpc) is 2.94. The van der Waals surface area contributed by atoms with E-state index >= 15 is 0 Å². The van der Waals surface area contributed by atoms with Crippen LogP contribution >= 0.6 is 11.3 Å². The van der Waals surface area contributed by atoms with Gasteiger partial charge in [-0.05, 0) is 66.4 Å². The quantitative estimate of drug-likeness (QED) is 0.851. The summed E-state index contributed by atoms with van der Waals surface area (Å²) in [6.07, 6.45) is 0.693. The highest BCUT2D eigenvalue weighted by Crippen LogP contribution is 2.21. The normalized spacial score (nSPS) is 11.5. The van der Waals surface area contributed by atoms with E-state index in [0.717, 1.165) is 16.9 Å². The van der Waals surface area contributed by atoms with Crippen LogP contribution < -0.4 is 9.46 Å². The van der Waals surface area contributed by atoms with Gasteiger partial charge in [0.2, 0.25) is 10.0 Å². The van der Waals surface area contributed by atoms with Crippen LogP contribution in [-0.4, -0.2) is 21.6 Å². The molecule has 2 aromatic rings. The Hall–Kier alpha value is -1.37. The molecule has 1 aromatic carbocycles. The third-order valence-electron chi connectivity index (χ3n) is 3.04. The minimum atomic E-state index is -3.47. The third kappa shape index (κ3) is 4.30. The molecular formula is C15H19NO3S2. The zero-order valence-electron chi connectivity index (χ0n) is 12.1. The highest BCUT2D eigenvalue weighted by Gasteiger charge is 2.15. The molecule has 0 aliphatic heterocycles. The lowest BCUT2D eigenvalue weighted by atomic mass is 10.2. The van der Waals surface area contributed by atoms with Crippen molar-refractivity contribution in [2.24, 2.45) is 0 Å². The molecule has 114 valence electrons. The molecule has 0 fully saturated rings. The Labute approximate surface area is 129 Å². The molecule has 6 heteroatoms. The molecule has 0 bridgehead atoms. The number of hydrogen-bond acceptors (Lipinski definition) is 4. The van der Waals surface area contributed by atoms with Crippen LogP contribution in [-0.2, 0) is 16.4 Å². The van der Waals surface area contributed by atoms with E-state index in [1.54, 1.807) is 29.5 Å². The van der Waals surface area contributed by atoms with E-state index in [4.69, 9.17) is 4.74 Å². The first kappa shape index (κ1) is 16.0. The Morgan fingerprint density at radius 3 is 2.71 bits per heavy atom. The van der Waals surface area contributed by atoms with Crippen LogP contribution in [0, 0.1) is 6.92 Å². The van der Waals surface area contributed by atoms with Crippen molar-refractivity contribution in [2.75, 3.05) is 13.2 Å². The molecular weight excluding hydrogens is 306 g/mol. The minimum Gasteiger partial charge on any atom is -0.494 e. The Bertz CT molecular complexity index is 679. The molecule has 2 rings (SSSR count). The topological polar surface area (TPSA) is 55.4 Å². The number of nitrogens with one attached hydrogen (secondary N) is 1. The summed E-state index contributed by atoms with van der Waals surface area (Å²) in [5.41, 5.74) is 1.96. The molecule has 0 spiro atoms. The van der Waals surface area contributed by atoms with E-state index in [9.17, 15) is 8.42 Å². The van der Waals surface area contributed by atoms with Crippen LogP contribution in [0.15, 0.2) is 39.9 Å². The SMILES string of the molecule is CCOc1ccc(S(=O)(=O)NCCc2ccsc2)cc1C. The van der Waals surface area contributed by atoms with Crippen molar-refractivity contribution >= 4 is 21.4 Å². The number of benzene rings is 1. The molecule has 0 unspecified atom stereocenters. The van der Waals surface area contributed by atoms with E-state index in [0.29, 0.717) is 19.6 Å². The monoisotopic (exact) mass is 325 g/mol. The van der Waals surface area contributed by atoms with Gasteiger partial charge in [0.25, 0.3) is 0 Å². The second-order valence-electron chi connectivity index (χ2n) is 4.64. The Morgan fingerprint density at radius 2 is 2.10 bits per heavy atom. The lowest BCUT2D eigenvalue weighted by Gasteiger charge is -2.10. The molecule has 4 nitrogen and oxygen atoms in total. The number of rotatable bonds is 7. The van der Waals surface area contributed by atoms with Gasteiger partial charge in [-0.25, -0.2) is 13.1 Å². The lowest BCUT2D eigenvalue weighted by Crippen LogP contribution is -2.26. The molecule has 0 saturated heterocycles. The van der Waals surface area contributed by atoms with Gasteiger partial charge >= 0.3 is 0 Å². The molecule has 0 amide bonds. The molecule has 1 aromatic heterocycles. The predicted octanol–water partition coefficient (Wildman–Crippen LogP) is 2.98. The van der Waals surface area contributed by atoms with Crippen molar-refractivity contribution in [3.05, 3.63) is 46.2 Å². The molecule has 0 atom stereocenters. The third-order valence-corrected chi connectivity index (χ3v) is 5.23. The van der Waals surface area contributed by atoms with Crippen LogP contribution in [0.1, 0.15) is 18.1 Å². The summed E-state index contributed by atoms with van der Waals surface area (Å²) < 4.78 is 32.5. The summed E-state index contributed by atoms with van der Waals surface area (Å²) in [5.74, 6) is 0.717. The van der Waals surface area contributed by atoms with Crippen LogP contribution in [0.25, 0.3) is 0 Å². The van der Waals surface area contributed by atoms with Crippen LogP contribution in [0.5, 0.6) is 5.75 Å². The maximum atomic E-state index is 12.2. The van der Waals surface area contributed by atoms with E-state index in [-0.39, 0.29) is 4.90 Å². The van der Waals surface area contributed by atoms with Crippen molar-refractivity contribution in [1.82, 2.24) is 4.72 Å². The second-order valence-corrected chi connectivity index (χ2v) is 7.19. The smallest absolute Gasteiger partial charge is 0.240 e. The molecule has 1 N–H and O–H groups in total. The first-order valence-corrected chi connectivity index (χ1v) is 9.19. The number of ether oxygens (including phenoxy) is 1. The molecule has 0 radical (unpaired) electrons. The zero-order valence-corrected chi connectivity index (χ0v) is 13.8. The average molecular weight is 325 g/mol. The molecule has 0 aliphatic carbocycles. The number of aryl methyl sites for hydroxylation is 1. The standard InChI is InChI=1S/C15H19NO3S2/c1-3-19-15-5-4-14(10-12(15)2)21(17,18)16-8-6-13-7-9-20-11-13/h4-5,7,9-11,16H,3,6,8H2,1-2H3. The fraction of sp³-hybridized carbons (Fsp3) is 0.333. The van der Waals surface area contributed by atoms with Crippen molar-refractivity contribution in [3.8, 4) is 5.75 Å². The van der Waals surface area contributed by atoms with E-state index in [2.05, 4.69) is 4.72 Å². The lowest BCUT2D eigenvalue weighted by molar-refractivity contribution is 0.337. The van der Waals surface area contributed by atoms with Gasteiger partial charge in [0, 0.05) is 6.54 Å². The number of thiophene rings is 1. The maximum absolute atomic E-state index is 12.2. The van der Waals surface area contributed by atoms with Gasteiger partial charge in [-0.1, -0.05) is 0 Å². The van der Waals surface area contributed by atoms with E-state index in [1.165, 1.54) is 0 Å². The van der Waals surface area contributed by atoms with Gasteiger partial charge in [0.05, 0.1) is 11.5 Å². The van der Waals surface area contributed by atoms with Gasteiger partial charge in [0.15, 0.2) is 0 Å². The Kier molecular flexibility index (Phi) is 5.39. The summed E-state index contributed by atoms with van der Waals surface area (Å²) in [6.45, 7) is 4.70. The molecule has 0 aliphatic rings. The maximum Gasteiger partial charge on any atom is 0.240 e. The summed E-state index contributed by atoms with van der Waals surface area (Å²) >= 11 is 1.61. The Balaban J connectivity index is 2.03. The predicted molar refractivity (Wildman–Crippen MR) is 85.6 cm³/mol. The van der Waals surface area contributed by atoms with Crippen molar-refractivity contribution in [1.29, 1.82) is 0 Å². The summed E-state index contributed by atoms with van der Waals surface area (Å²) in [6, 6.07) is 6.91. The van der Waals surface area contributed by atoms with Crippen molar-refractivity contribution in [2.45, 2.75) is 25.2 Å². The van der Waals surface area contributed by atoms with Crippen LogP contribution in [0.3, 0.4) is 0 Å². The first-order chi connectivity index (χ1) is 10.0. The number of hydrogen-bond donors (Lipinski definition) is 1. The number of sulfonamides is 1. The second kappa shape index (κ2) is 7.06.